The van der Waals surface area contributed by atoms with Gasteiger partial charge in [0.15, 0.2) is 0 Å². The zero-order valence-corrected chi connectivity index (χ0v) is 9.42. The van der Waals surface area contributed by atoms with Gasteiger partial charge in [0.2, 0.25) is 0 Å². The molecule has 0 bridgehead atoms. The number of allylic oxidation sites excluding steroid dienone is 1. The van der Waals surface area contributed by atoms with Crippen LogP contribution in [0.25, 0.3) is 0 Å². The van der Waals surface area contributed by atoms with E-state index < -0.39 is 0 Å². The van der Waals surface area contributed by atoms with Gasteiger partial charge in [-0.3, -0.25) is 0 Å². The first kappa shape index (κ1) is 12.7. The van der Waals surface area contributed by atoms with Crippen molar-refractivity contribution in [2.45, 2.75) is 19.3 Å². The van der Waals surface area contributed by atoms with Crippen LogP contribution in [0.5, 0.6) is 5.75 Å². The van der Waals surface area contributed by atoms with Gasteiger partial charge in [-0.2, -0.15) is 0 Å². The molecule has 1 aromatic carbocycles. The lowest BCUT2D eigenvalue weighted by Gasteiger charge is -2.07. The van der Waals surface area contributed by atoms with Crippen molar-refractivity contribution in [3.05, 3.63) is 42.2 Å². The Hall–Kier alpha value is -1.35. The highest BCUT2D eigenvalue weighted by atomic mass is 19.1. The summed E-state index contributed by atoms with van der Waals surface area (Å²) in [6.07, 6.45) is 4.31. The molecule has 1 aromatic rings. The van der Waals surface area contributed by atoms with E-state index in [4.69, 9.17) is 10.5 Å². The van der Waals surface area contributed by atoms with Crippen LogP contribution in [0.1, 0.15) is 18.4 Å². The third kappa shape index (κ3) is 4.45. The van der Waals surface area contributed by atoms with Gasteiger partial charge in [0.1, 0.15) is 11.6 Å². The average Bonchev–Trinajstić information content (AvgIpc) is 2.24. The average molecular weight is 223 g/mol. The molecule has 16 heavy (non-hydrogen) atoms. The standard InChI is InChI=1S/C13H18FNO/c1-2-3-4-7-16-13-9-11(5-6-15)8-12(14)10-13/h2,8-10H,1,3-7,15H2. The predicted octanol–water partition coefficient (Wildman–Crippen LogP) is 2.67. The third-order valence-electron chi connectivity index (χ3n) is 2.19. The molecule has 0 saturated carbocycles. The van der Waals surface area contributed by atoms with Crippen molar-refractivity contribution in [2.24, 2.45) is 5.73 Å². The quantitative estimate of drug-likeness (QED) is 0.569. The van der Waals surface area contributed by atoms with Gasteiger partial charge in [-0.05, 0) is 43.5 Å². The Morgan fingerprint density at radius 2 is 2.19 bits per heavy atom. The fraction of sp³-hybridized carbons (Fsp3) is 0.385. The summed E-state index contributed by atoms with van der Waals surface area (Å²) >= 11 is 0. The van der Waals surface area contributed by atoms with Gasteiger partial charge in [0.25, 0.3) is 0 Å². The molecule has 0 aliphatic carbocycles. The number of hydrogen-bond donors (Lipinski definition) is 1. The molecule has 0 saturated heterocycles. The van der Waals surface area contributed by atoms with Crippen LogP contribution >= 0.6 is 0 Å². The molecule has 0 heterocycles. The molecule has 0 unspecified atom stereocenters. The van der Waals surface area contributed by atoms with E-state index in [0.29, 0.717) is 25.3 Å². The van der Waals surface area contributed by atoms with Gasteiger partial charge in [-0.1, -0.05) is 6.08 Å². The second kappa shape index (κ2) is 7.01. The van der Waals surface area contributed by atoms with Gasteiger partial charge >= 0.3 is 0 Å². The monoisotopic (exact) mass is 223 g/mol. The lowest BCUT2D eigenvalue weighted by atomic mass is 10.1. The van der Waals surface area contributed by atoms with Crippen LogP contribution in [0.4, 0.5) is 4.39 Å². The number of ether oxygens (including phenoxy) is 1. The summed E-state index contributed by atoms with van der Waals surface area (Å²) in [5.74, 6) is 0.303. The van der Waals surface area contributed by atoms with Crippen LogP contribution in [0.15, 0.2) is 30.9 Å². The minimum atomic E-state index is -0.273. The van der Waals surface area contributed by atoms with Crippen LogP contribution in [0.3, 0.4) is 0 Å². The van der Waals surface area contributed by atoms with Crippen molar-refractivity contribution < 1.29 is 9.13 Å². The highest BCUT2D eigenvalue weighted by Crippen LogP contribution is 2.17. The molecule has 0 aromatic heterocycles. The molecule has 0 atom stereocenters. The molecule has 0 amide bonds. The molecule has 0 spiro atoms. The third-order valence-corrected chi connectivity index (χ3v) is 2.19. The molecule has 0 aliphatic rings. The normalized spacial score (nSPS) is 10.1. The Labute approximate surface area is 95.9 Å². The minimum absolute atomic E-state index is 0.273. The largest absolute Gasteiger partial charge is 0.493 e. The van der Waals surface area contributed by atoms with Crippen molar-refractivity contribution in [3.8, 4) is 5.75 Å². The smallest absolute Gasteiger partial charge is 0.127 e. The number of unbranched alkanes of at least 4 members (excludes halogenated alkanes) is 1. The lowest BCUT2D eigenvalue weighted by molar-refractivity contribution is 0.310. The molecular formula is C13H18FNO. The maximum Gasteiger partial charge on any atom is 0.127 e. The predicted molar refractivity (Wildman–Crippen MR) is 64.1 cm³/mol. The van der Waals surface area contributed by atoms with Crippen molar-refractivity contribution in [1.82, 2.24) is 0 Å². The highest BCUT2D eigenvalue weighted by molar-refractivity contribution is 5.29. The number of rotatable bonds is 7. The first-order valence-corrected chi connectivity index (χ1v) is 5.49. The number of nitrogens with two attached hydrogens (primary N) is 1. The summed E-state index contributed by atoms with van der Waals surface area (Å²) < 4.78 is 18.6. The Balaban J connectivity index is 2.54. The highest BCUT2D eigenvalue weighted by Gasteiger charge is 2.01. The zero-order chi connectivity index (χ0) is 11.8. The summed E-state index contributed by atoms with van der Waals surface area (Å²) in [4.78, 5) is 0. The first-order valence-electron chi connectivity index (χ1n) is 5.49. The fourth-order valence-electron chi connectivity index (χ4n) is 1.43. The van der Waals surface area contributed by atoms with Crippen LogP contribution in [0.2, 0.25) is 0 Å². The fourth-order valence-corrected chi connectivity index (χ4v) is 1.43. The summed E-state index contributed by atoms with van der Waals surface area (Å²) in [6, 6.07) is 4.72. The van der Waals surface area contributed by atoms with Crippen LogP contribution in [-0.4, -0.2) is 13.2 Å². The molecule has 3 heteroatoms. The Bertz CT molecular complexity index is 339. The van der Waals surface area contributed by atoms with Crippen LogP contribution in [0, 0.1) is 5.82 Å². The van der Waals surface area contributed by atoms with E-state index in [-0.39, 0.29) is 5.82 Å². The zero-order valence-electron chi connectivity index (χ0n) is 9.42. The van der Waals surface area contributed by atoms with E-state index in [1.807, 2.05) is 12.1 Å². The number of benzene rings is 1. The van der Waals surface area contributed by atoms with E-state index in [0.717, 1.165) is 18.4 Å². The van der Waals surface area contributed by atoms with Gasteiger partial charge in [0, 0.05) is 6.07 Å². The van der Waals surface area contributed by atoms with Crippen LogP contribution < -0.4 is 10.5 Å². The van der Waals surface area contributed by atoms with Crippen molar-refractivity contribution in [1.29, 1.82) is 0 Å². The van der Waals surface area contributed by atoms with Crippen molar-refractivity contribution >= 4 is 0 Å². The summed E-state index contributed by atoms with van der Waals surface area (Å²) in [5.41, 5.74) is 6.30. The van der Waals surface area contributed by atoms with E-state index >= 15 is 0 Å². The summed E-state index contributed by atoms with van der Waals surface area (Å²) in [6.45, 7) is 4.72. The molecule has 2 nitrogen and oxygen atoms in total. The number of halogens is 1. The van der Waals surface area contributed by atoms with Crippen molar-refractivity contribution in [2.75, 3.05) is 13.2 Å². The second-order valence-corrected chi connectivity index (χ2v) is 3.61. The SMILES string of the molecule is C=CCCCOc1cc(F)cc(CCN)c1. The second-order valence-electron chi connectivity index (χ2n) is 3.61. The van der Waals surface area contributed by atoms with Crippen molar-refractivity contribution in [3.63, 3.8) is 0 Å². The van der Waals surface area contributed by atoms with Gasteiger partial charge in [-0.15, -0.1) is 6.58 Å². The molecule has 0 aliphatic heterocycles. The van der Waals surface area contributed by atoms with E-state index in [2.05, 4.69) is 6.58 Å². The minimum Gasteiger partial charge on any atom is -0.493 e. The molecule has 2 N–H and O–H groups in total. The van der Waals surface area contributed by atoms with E-state index in [1.165, 1.54) is 12.1 Å². The molecular weight excluding hydrogens is 205 g/mol. The lowest BCUT2D eigenvalue weighted by Crippen LogP contribution is -2.04. The number of hydrogen-bond acceptors (Lipinski definition) is 2. The first-order chi connectivity index (χ1) is 7.76. The molecule has 88 valence electrons. The maximum atomic E-state index is 13.2. The Morgan fingerprint density at radius 3 is 2.88 bits per heavy atom. The van der Waals surface area contributed by atoms with Gasteiger partial charge in [-0.25, -0.2) is 4.39 Å². The topological polar surface area (TPSA) is 35.2 Å². The Kier molecular flexibility index (Phi) is 5.57. The van der Waals surface area contributed by atoms with Gasteiger partial charge in [0.05, 0.1) is 6.61 Å². The molecule has 1 rings (SSSR count). The Morgan fingerprint density at radius 1 is 1.38 bits per heavy atom. The summed E-state index contributed by atoms with van der Waals surface area (Å²) in [5, 5.41) is 0. The van der Waals surface area contributed by atoms with E-state index in [9.17, 15) is 4.39 Å². The summed E-state index contributed by atoms with van der Waals surface area (Å²) in [7, 11) is 0. The van der Waals surface area contributed by atoms with Crippen LogP contribution in [-0.2, 0) is 6.42 Å². The molecule has 0 fully saturated rings. The van der Waals surface area contributed by atoms with Gasteiger partial charge < -0.3 is 10.5 Å². The van der Waals surface area contributed by atoms with E-state index in [1.54, 1.807) is 0 Å². The maximum absolute atomic E-state index is 13.2. The molecule has 0 radical (unpaired) electrons.